The molecule has 1 aliphatic rings. The Morgan fingerprint density at radius 1 is 1.18 bits per heavy atom. The van der Waals surface area contributed by atoms with E-state index in [1.807, 2.05) is 0 Å². The Labute approximate surface area is 107 Å². The number of fused-ring (bicyclic) bond motifs is 1. The minimum absolute atomic E-state index is 0.116. The van der Waals surface area contributed by atoms with E-state index in [0.29, 0.717) is 17.6 Å². The van der Waals surface area contributed by atoms with Crippen molar-refractivity contribution in [2.75, 3.05) is 11.1 Å². The molecular formula is C14H19NOS. The summed E-state index contributed by atoms with van der Waals surface area (Å²) in [4.78, 5) is 12.8. The summed E-state index contributed by atoms with van der Waals surface area (Å²) in [6.45, 7) is 8.77. The van der Waals surface area contributed by atoms with Gasteiger partial charge in [-0.25, -0.2) is 0 Å². The minimum Gasteiger partial charge on any atom is -0.324 e. The third kappa shape index (κ3) is 2.34. The zero-order valence-corrected chi connectivity index (χ0v) is 11.6. The molecule has 2 nitrogen and oxygen atoms in total. The summed E-state index contributed by atoms with van der Waals surface area (Å²) in [5, 5.41) is 3.05. The largest absolute Gasteiger partial charge is 0.324 e. The molecule has 17 heavy (non-hydrogen) atoms. The fourth-order valence-electron chi connectivity index (χ4n) is 2.31. The Morgan fingerprint density at radius 2 is 1.88 bits per heavy atom. The number of benzene rings is 1. The van der Waals surface area contributed by atoms with E-state index < -0.39 is 0 Å². The second-order valence-electron chi connectivity index (χ2n) is 5.09. The first-order valence-electron chi connectivity index (χ1n) is 6.10. The van der Waals surface area contributed by atoms with E-state index in [4.69, 9.17) is 0 Å². The molecule has 1 aromatic carbocycles. The number of amides is 1. The predicted molar refractivity (Wildman–Crippen MR) is 74.0 cm³/mol. The molecule has 0 saturated heterocycles. The Hall–Kier alpha value is -0.960. The van der Waals surface area contributed by atoms with Gasteiger partial charge >= 0.3 is 0 Å². The molecule has 2 rings (SSSR count). The molecule has 0 bridgehead atoms. The van der Waals surface area contributed by atoms with Crippen molar-refractivity contribution in [2.45, 2.75) is 44.4 Å². The van der Waals surface area contributed by atoms with E-state index in [9.17, 15) is 4.79 Å². The maximum absolute atomic E-state index is 11.5. The van der Waals surface area contributed by atoms with Gasteiger partial charge in [-0.1, -0.05) is 33.8 Å². The van der Waals surface area contributed by atoms with Crippen LogP contribution in [-0.4, -0.2) is 11.7 Å². The molecule has 0 spiro atoms. The smallest absolute Gasteiger partial charge is 0.234 e. The normalized spacial score (nSPS) is 15.1. The van der Waals surface area contributed by atoms with Crippen molar-refractivity contribution in [3.8, 4) is 0 Å². The number of hydrogen-bond acceptors (Lipinski definition) is 2. The summed E-state index contributed by atoms with van der Waals surface area (Å²) in [6, 6.07) is 4.35. The summed E-state index contributed by atoms with van der Waals surface area (Å²) in [5.74, 6) is 1.57. The lowest BCUT2D eigenvalue weighted by Gasteiger charge is -2.25. The van der Waals surface area contributed by atoms with E-state index in [0.717, 1.165) is 5.69 Å². The highest BCUT2D eigenvalue weighted by Gasteiger charge is 2.23. The Balaban J connectivity index is 2.60. The van der Waals surface area contributed by atoms with Gasteiger partial charge in [0.1, 0.15) is 0 Å². The molecule has 1 heterocycles. The van der Waals surface area contributed by atoms with Crippen LogP contribution in [0, 0.1) is 0 Å². The van der Waals surface area contributed by atoms with Crippen molar-refractivity contribution in [3.05, 3.63) is 23.3 Å². The molecule has 0 atom stereocenters. The number of nitrogens with one attached hydrogen (secondary N) is 1. The second kappa shape index (κ2) is 4.73. The van der Waals surface area contributed by atoms with Crippen LogP contribution in [0.25, 0.3) is 0 Å². The van der Waals surface area contributed by atoms with Crippen molar-refractivity contribution in [2.24, 2.45) is 0 Å². The summed E-state index contributed by atoms with van der Waals surface area (Å²) < 4.78 is 0. The molecule has 0 aromatic heterocycles. The highest BCUT2D eigenvalue weighted by atomic mass is 32.2. The van der Waals surface area contributed by atoms with E-state index >= 15 is 0 Å². The number of hydrogen-bond donors (Lipinski definition) is 1. The Kier molecular flexibility index (Phi) is 3.48. The first-order valence-corrected chi connectivity index (χ1v) is 7.08. The number of thioether (sulfide) groups is 1. The number of carbonyl (C=O) groups is 1. The van der Waals surface area contributed by atoms with Gasteiger partial charge in [0.2, 0.25) is 5.91 Å². The van der Waals surface area contributed by atoms with Gasteiger partial charge < -0.3 is 5.32 Å². The van der Waals surface area contributed by atoms with Gasteiger partial charge in [0, 0.05) is 4.90 Å². The molecule has 0 aliphatic carbocycles. The molecule has 1 amide bonds. The fraction of sp³-hybridized carbons (Fsp3) is 0.500. The molecule has 0 saturated carbocycles. The molecule has 0 fully saturated rings. The molecular weight excluding hydrogens is 230 g/mol. The maximum atomic E-state index is 11.5. The maximum Gasteiger partial charge on any atom is 0.234 e. The third-order valence-electron chi connectivity index (χ3n) is 3.06. The van der Waals surface area contributed by atoms with Gasteiger partial charge in [0.15, 0.2) is 0 Å². The van der Waals surface area contributed by atoms with Crippen molar-refractivity contribution < 1.29 is 4.79 Å². The van der Waals surface area contributed by atoms with E-state index in [1.165, 1.54) is 16.0 Å². The van der Waals surface area contributed by atoms with Gasteiger partial charge in [-0.15, -0.1) is 11.8 Å². The van der Waals surface area contributed by atoms with Crippen LogP contribution in [-0.2, 0) is 4.79 Å². The summed E-state index contributed by atoms with van der Waals surface area (Å²) in [5.41, 5.74) is 3.70. The summed E-state index contributed by atoms with van der Waals surface area (Å²) in [6.07, 6.45) is 0. The minimum atomic E-state index is 0.116. The number of carbonyl (C=O) groups excluding carboxylic acids is 1. The van der Waals surface area contributed by atoms with Gasteiger partial charge in [0.25, 0.3) is 0 Å². The highest BCUT2D eigenvalue weighted by molar-refractivity contribution is 8.00. The lowest BCUT2D eigenvalue weighted by molar-refractivity contribution is -0.113. The van der Waals surface area contributed by atoms with Crippen LogP contribution >= 0.6 is 11.8 Å². The topological polar surface area (TPSA) is 29.1 Å². The predicted octanol–water partition coefficient (Wildman–Crippen LogP) is 3.98. The van der Waals surface area contributed by atoms with Crippen LogP contribution in [0.2, 0.25) is 0 Å². The Morgan fingerprint density at radius 3 is 2.47 bits per heavy atom. The zero-order valence-electron chi connectivity index (χ0n) is 10.8. The zero-order chi connectivity index (χ0) is 12.6. The molecule has 92 valence electrons. The van der Waals surface area contributed by atoms with Crippen LogP contribution in [0.3, 0.4) is 0 Å². The van der Waals surface area contributed by atoms with E-state index in [1.54, 1.807) is 11.8 Å². The third-order valence-corrected chi connectivity index (χ3v) is 4.12. The summed E-state index contributed by atoms with van der Waals surface area (Å²) >= 11 is 1.64. The van der Waals surface area contributed by atoms with Crippen LogP contribution in [0.1, 0.15) is 50.7 Å². The quantitative estimate of drug-likeness (QED) is 0.859. The first-order chi connectivity index (χ1) is 8.00. The van der Waals surface area contributed by atoms with Gasteiger partial charge in [-0.3, -0.25) is 4.79 Å². The molecule has 3 heteroatoms. The van der Waals surface area contributed by atoms with Gasteiger partial charge in [-0.2, -0.15) is 0 Å². The fourth-order valence-corrected chi connectivity index (χ4v) is 3.14. The molecule has 1 aliphatic heterocycles. The van der Waals surface area contributed by atoms with E-state index in [2.05, 4.69) is 45.1 Å². The monoisotopic (exact) mass is 249 g/mol. The number of anilines is 1. The van der Waals surface area contributed by atoms with Crippen molar-refractivity contribution in [3.63, 3.8) is 0 Å². The standard InChI is InChI=1S/C14H19NOS/c1-8(2)10-5-6-11-14(13(10)9(3)4)15-12(16)7-17-11/h5-6,8-9H,7H2,1-4H3,(H,15,16). The summed E-state index contributed by atoms with van der Waals surface area (Å²) in [7, 11) is 0. The van der Waals surface area contributed by atoms with Crippen LogP contribution in [0.5, 0.6) is 0 Å². The molecule has 1 N–H and O–H groups in total. The lowest BCUT2D eigenvalue weighted by Crippen LogP contribution is -2.21. The van der Waals surface area contributed by atoms with E-state index in [-0.39, 0.29) is 5.91 Å². The first kappa shape index (κ1) is 12.5. The lowest BCUT2D eigenvalue weighted by atomic mass is 9.89. The van der Waals surface area contributed by atoms with Gasteiger partial charge in [-0.05, 0) is 29.0 Å². The SMILES string of the molecule is CC(C)c1ccc2c(c1C(C)C)NC(=O)CS2. The van der Waals surface area contributed by atoms with Gasteiger partial charge in [0.05, 0.1) is 11.4 Å². The second-order valence-corrected chi connectivity index (χ2v) is 6.11. The molecule has 0 unspecified atom stereocenters. The van der Waals surface area contributed by atoms with Crippen LogP contribution in [0.15, 0.2) is 17.0 Å². The molecule has 0 radical (unpaired) electrons. The number of rotatable bonds is 2. The average molecular weight is 249 g/mol. The van der Waals surface area contributed by atoms with Crippen molar-refractivity contribution >= 4 is 23.4 Å². The molecule has 1 aromatic rings. The van der Waals surface area contributed by atoms with Crippen molar-refractivity contribution in [1.82, 2.24) is 0 Å². The Bertz CT molecular complexity index is 452. The van der Waals surface area contributed by atoms with Crippen LogP contribution < -0.4 is 5.32 Å². The average Bonchev–Trinajstić information content (AvgIpc) is 2.26. The van der Waals surface area contributed by atoms with Crippen molar-refractivity contribution in [1.29, 1.82) is 0 Å². The highest BCUT2D eigenvalue weighted by Crippen LogP contribution is 2.41. The van der Waals surface area contributed by atoms with Crippen LogP contribution in [0.4, 0.5) is 5.69 Å².